The molecule has 6 aromatic carbocycles. The van der Waals surface area contributed by atoms with Gasteiger partial charge < -0.3 is 18.8 Å². The van der Waals surface area contributed by atoms with Crippen LogP contribution in [-0.2, 0) is 4.57 Å². The van der Waals surface area contributed by atoms with Crippen molar-refractivity contribution in [3.8, 4) is 17.2 Å². The molecule has 0 saturated carbocycles. The van der Waals surface area contributed by atoms with Crippen molar-refractivity contribution >= 4 is 72.4 Å². The highest BCUT2D eigenvalue weighted by atomic mass is 31.2. The summed E-state index contributed by atoms with van der Waals surface area (Å²) in [4.78, 5) is 34.7. The summed E-state index contributed by atoms with van der Waals surface area (Å²) in [5.41, 5.74) is -0.738. The number of fused-ring (bicyclic) bond motifs is 3. The number of ether oxygens (including phenoxy) is 3. The molecule has 13 nitrogen and oxygen atoms in total. The van der Waals surface area contributed by atoms with Crippen LogP contribution >= 0.6 is 7.14 Å². The molecule has 0 unspecified atom stereocenters. The number of hydrogen-bond donors (Lipinski definition) is 0. The largest absolute Gasteiger partial charge is 0.493 e. The quantitative estimate of drug-likeness (QED) is 0.0701. The van der Waals surface area contributed by atoms with Gasteiger partial charge in [-0.05, 0) is 78.0 Å². The summed E-state index contributed by atoms with van der Waals surface area (Å²) in [6, 6.07) is 22.4. The van der Waals surface area contributed by atoms with E-state index in [1.54, 1.807) is 63.2 Å². The molecule has 254 valence electrons. The third-order valence-electron chi connectivity index (χ3n) is 8.30. The Bertz CT molecular complexity index is 2300. The topological polar surface area (TPSA) is 174 Å². The molecule has 0 amide bonds. The number of nitrogens with zero attached hydrogens (tertiary/aromatic N) is 3. The predicted molar refractivity (Wildman–Crippen MR) is 192 cm³/mol. The van der Waals surface area contributed by atoms with Crippen molar-refractivity contribution in [3.05, 3.63) is 121 Å². The Hall–Kier alpha value is -6.07. The Morgan fingerprint density at radius 1 is 0.540 bits per heavy atom. The number of nitro groups is 3. The minimum atomic E-state index is -4.58. The first-order valence-corrected chi connectivity index (χ1v) is 17.4. The van der Waals surface area contributed by atoms with Gasteiger partial charge in [0.05, 0.1) is 55.9 Å². The summed E-state index contributed by atoms with van der Waals surface area (Å²) in [6.45, 7) is 5.60. The van der Waals surface area contributed by atoms with Gasteiger partial charge in [0.25, 0.3) is 17.1 Å². The first kappa shape index (κ1) is 33.8. The lowest BCUT2D eigenvalue weighted by Gasteiger charge is -2.29. The van der Waals surface area contributed by atoms with Gasteiger partial charge >= 0.3 is 0 Å². The summed E-state index contributed by atoms with van der Waals surface area (Å²) in [7, 11) is -4.58. The van der Waals surface area contributed by atoms with Crippen LogP contribution in [0.15, 0.2) is 91.0 Å². The van der Waals surface area contributed by atoms with Gasteiger partial charge in [0.2, 0.25) is 0 Å². The maximum Gasteiger partial charge on any atom is 0.278 e. The van der Waals surface area contributed by atoms with Crippen molar-refractivity contribution in [2.24, 2.45) is 0 Å². The minimum Gasteiger partial charge on any atom is -0.493 e. The molecule has 0 aromatic heterocycles. The lowest BCUT2D eigenvalue weighted by molar-refractivity contribution is -0.384. The van der Waals surface area contributed by atoms with E-state index in [1.165, 1.54) is 48.5 Å². The molecular formula is C36H30N3O10P. The molecular weight excluding hydrogens is 665 g/mol. The summed E-state index contributed by atoms with van der Waals surface area (Å²) >= 11 is 0. The van der Waals surface area contributed by atoms with Crippen LogP contribution in [0.4, 0.5) is 17.1 Å². The normalized spacial score (nSPS) is 11.5. The fourth-order valence-corrected chi connectivity index (χ4v) is 10.0. The zero-order chi connectivity index (χ0) is 35.7. The zero-order valence-electron chi connectivity index (χ0n) is 27.2. The number of rotatable bonds is 12. The number of nitro benzene ring substituents is 3. The van der Waals surface area contributed by atoms with Crippen molar-refractivity contribution < 1.29 is 33.5 Å². The van der Waals surface area contributed by atoms with Gasteiger partial charge in [0.1, 0.15) is 17.2 Å². The third-order valence-corrected chi connectivity index (χ3v) is 11.6. The van der Waals surface area contributed by atoms with Gasteiger partial charge in [-0.15, -0.1) is 0 Å². The molecule has 14 heteroatoms. The lowest BCUT2D eigenvalue weighted by atomic mass is 10.1. The van der Waals surface area contributed by atoms with Gasteiger partial charge in [-0.3, -0.25) is 30.3 Å². The molecule has 0 radical (unpaired) electrons. The average Bonchev–Trinajstić information content (AvgIpc) is 3.10. The van der Waals surface area contributed by atoms with Gasteiger partial charge in [-0.1, -0.05) is 30.3 Å². The van der Waals surface area contributed by atoms with Crippen LogP contribution < -0.4 is 30.1 Å². The van der Waals surface area contributed by atoms with E-state index in [4.69, 9.17) is 14.2 Å². The fourth-order valence-electron chi connectivity index (χ4n) is 6.38. The lowest BCUT2D eigenvalue weighted by Crippen LogP contribution is -2.31. The van der Waals surface area contributed by atoms with Gasteiger partial charge in [0.15, 0.2) is 7.14 Å². The molecule has 0 atom stereocenters. The Morgan fingerprint density at radius 3 is 1.40 bits per heavy atom. The second kappa shape index (κ2) is 13.4. The Kier molecular flexibility index (Phi) is 9.09. The Morgan fingerprint density at radius 2 is 0.980 bits per heavy atom. The van der Waals surface area contributed by atoms with Crippen LogP contribution in [0, 0.1) is 30.3 Å². The van der Waals surface area contributed by atoms with E-state index in [9.17, 15) is 30.3 Å². The molecule has 6 rings (SSSR count). The van der Waals surface area contributed by atoms with E-state index in [0.29, 0.717) is 26.9 Å². The summed E-state index contributed by atoms with van der Waals surface area (Å²) in [6.07, 6.45) is 0. The Labute approximate surface area is 284 Å². The second-order valence-electron chi connectivity index (χ2n) is 11.1. The molecule has 0 aliphatic rings. The van der Waals surface area contributed by atoms with Gasteiger partial charge in [-0.25, -0.2) is 0 Å². The summed E-state index contributed by atoms with van der Waals surface area (Å²) < 4.78 is 35.7. The second-order valence-corrected chi connectivity index (χ2v) is 13.7. The molecule has 6 aromatic rings. The van der Waals surface area contributed by atoms with Crippen LogP contribution in [0.2, 0.25) is 0 Å². The average molecular weight is 696 g/mol. The van der Waals surface area contributed by atoms with Crippen molar-refractivity contribution in [1.29, 1.82) is 0 Å². The van der Waals surface area contributed by atoms with Crippen molar-refractivity contribution in [2.75, 3.05) is 19.8 Å². The van der Waals surface area contributed by atoms with Crippen LogP contribution in [0.5, 0.6) is 17.2 Å². The minimum absolute atomic E-state index is 0.0113. The smallest absolute Gasteiger partial charge is 0.278 e. The summed E-state index contributed by atoms with van der Waals surface area (Å²) in [5, 5.41) is 38.4. The van der Waals surface area contributed by atoms with Crippen LogP contribution in [0.25, 0.3) is 32.3 Å². The SMILES string of the molecule is CCOc1ccc2cc([N+](=O)[O-])ccc2c1P(=O)(c1c(OCC)ccc2cc([N+](=O)[O-])ccc12)c1c(OCC)ccc2cccc([N+](=O)[O-])c12. The van der Waals surface area contributed by atoms with E-state index < -0.39 is 21.9 Å². The zero-order valence-corrected chi connectivity index (χ0v) is 28.0. The number of benzene rings is 6. The van der Waals surface area contributed by atoms with Crippen molar-refractivity contribution in [3.63, 3.8) is 0 Å². The monoisotopic (exact) mass is 695 g/mol. The molecule has 0 bridgehead atoms. The number of hydrogen-bond acceptors (Lipinski definition) is 10. The fraction of sp³-hybridized carbons (Fsp3) is 0.167. The standard InChI is InChI=1S/C36H30N3O10P/c1-4-47-30-18-11-23-20-25(37(40)41)13-15-27(23)34(30)50(46,35-28-16-14-26(38(42)43)21-24(28)12-19-31(35)48-5-2)36-32(49-6-3)17-10-22-8-7-9-29(33(22)36)39(44)45/h7-21H,4-6H2,1-3H3. The van der Waals surface area contributed by atoms with Gasteiger partial charge in [0, 0.05) is 30.3 Å². The van der Waals surface area contributed by atoms with Crippen LogP contribution in [0.1, 0.15) is 20.8 Å². The molecule has 0 fully saturated rings. The highest BCUT2D eigenvalue weighted by molar-refractivity contribution is 7.87. The first-order chi connectivity index (χ1) is 24.0. The Balaban J connectivity index is 1.96. The molecule has 0 spiro atoms. The van der Waals surface area contributed by atoms with Crippen LogP contribution in [0.3, 0.4) is 0 Å². The highest BCUT2D eigenvalue weighted by Crippen LogP contribution is 2.55. The molecule has 0 aliphatic carbocycles. The van der Waals surface area contributed by atoms with E-state index in [1.807, 2.05) is 0 Å². The molecule has 50 heavy (non-hydrogen) atoms. The number of non-ortho nitro benzene ring substituents is 3. The highest BCUT2D eigenvalue weighted by Gasteiger charge is 2.44. The molecule has 0 heterocycles. The molecule has 0 saturated heterocycles. The van der Waals surface area contributed by atoms with Crippen LogP contribution in [-0.4, -0.2) is 34.6 Å². The van der Waals surface area contributed by atoms with Crippen molar-refractivity contribution in [1.82, 2.24) is 0 Å². The summed E-state index contributed by atoms with van der Waals surface area (Å²) in [5.74, 6) is 0.425. The third kappa shape index (κ3) is 5.61. The van der Waals surface area contributed by atoms with E-state index in [0.717, 1.165) is 0 Å². The maximum atomic E-state index is 17.2. The maximum absolute atomic E-state index is 17.2. The first-order valence-electron chi connectivity index (χ1n) is 15.7. The molecule has 0 aliphatic heterocycles. The van der Waals surface area contributed by atoms with Crippen molar-refractivity contribution in [2.45, 2.75) is 20.8 Å². The predicted octanol–water partition coefficient (Wildman–Crippen LogP) is 7.71. The van der Waals surface area contributed by atoms with Gasteiger partial charge in [-0.2, -0.15) is 0 Å². The van der Waals surface area contributed by atoms with E-state index >= 15 is 4.57 Å². The van der Waals surface area contributed by atoms with E-state index in [-0.39, 0.29) is 75.4 Å². The van der Waals surface area contributed by atoms with E-state index in [2.05, 4.69) is 0 Å². The molecule has 0 N–H and O–H groups in total.